The van der Waals surface area contributed by atoms with Gasteiger partial charge in [-0.1, -0.05) is 25.1 Å². The van der Waals surface area contributed by atoms with Gasteiger partial charge in [0.25, 0.3) is 0 Å². The minimum absolute atomic E-state index is 0.272. The van der Waals surface area contributed by atoms with Crippen molar-refractivity contribution < 1.29 is 8.91 Å². The Kier molecular flexibility index (Phi) is 3.92. The molecule has 0 saturated carbocycles. The van der Waals surface area contributed by atoms with Crippen LogP contribution in [0, 0.1) is 11.7 Å². The van der Waals surface area contributed by atoms with Gasteiger partial charge in [-0.25, -0.2) is 4.39 Å². The zero-order chi connectivity index (χ0) is 13.0. The molecule has 4 nitrogen and oxygen atoms in total. The number of benzene rings is 1. The monoisotopic (exact) mass is 249 g/mol. The summed E-state index contributed by atoms with van der Waals surface area (Å²) in [5, 5.41) is 6.92. The number of rotatable bonds is 5. The van der Waals surface area contributed by atoms with Gasteiger partial charge in [0.05, 0.1) is 6.54 Å². The smallest absolute Gasteiger partial charge is 0.245 e. The molecule has 2 aromatic rings. The van der Waals surface area contributed by atoms with Gasteiger partial charge in [-0.05, 0) is 24.1 Å². The second kappa shape index (κ2) is 5.62. The van der Waals surface area contributed by atoms with Crippen LogP contribution in [-0.4, -0.2) is 10.1 Å². The molecule has 0 aliphatic carbocycles. The maximum absolute atomic E-state index is 12.9. The van der Waals surface area contributed by atoms with Crippen LogP contribution in [0.1, 0.15) is 25.6 Å². The number of aromatic nitrogens is 2. The number of hydrogen-bond donors (Lipinski definition) is 1. The van der Waals surface area contributed by atoms with Gasteiger partial charge < -0.3 is 9.84 Å². The van der Waals surface area contributed by atoms with E-state index in [1.54, 1.807) is 12.1 Å². The molecular formula is C13H16FN3O. The lowest BCUT2D eigenvalue weighted by molar-refractivity contribution is 0.375. The fraction of sp³-hybridized carbons (Fsp3) is 0.385. The van der Waals surface area contributed by atoms with Crippen LogP contribution in [0.2, 0.25) is 0 Å². The molecule has 0 unspecified atom stereocenters. The Balaban J connectivity index is 1.92. The first-order valence-corrected chi connectivity index (χ1v) is 5.94. The highest BCUT2D eigenvalue weighted by atomic mass is 19.1. The van der Waals surface area contributed by atoms with E-state index in [2.05, 4.69) is 29.3 Å². The molecule has 0 aliphatic heterocycles. The van der Waals surface area contributed by atoms with Gasteiger partial charge in [0, 0.05) is 12.1 Å². The summed E-state index contributed by atoms with van der Waals surface area (Å²) in [6.07, 6.45) is 0.795. The molecule has 0 spiro atoms. The van der Waals surface area contributed by atoms with E-state index >= 15 is 0 Å². The Morgan fingerprint density at radius 1 is 1.39 bits per heavy atom. The van der Waals surface area contributed by atoms with Crippen molar-refractivity contribution >= 4 is 5.69 Å². The quantitative estimate of drug-likeness (QED) is 0.885. The Bertz CT molecular complexity index is 510. The van der Waals surface area contributed by atoms with Crippen molar-refractivity contribution in [2.24, 2.45) is 5.92 Å². The lowest BCUT2D eigenvalue weighted by atomic mass is 10.1. The van der Waals surface area contributed by atoms with Gasteiger partial charge in [-0.3, -0.25) is 0 Å². The molecule has 96 valence electrons. The molecule has 0 bridgehead atoms. The average molecular weight is 249 g/mol. The van der Waals surface area contributed by atoms with Crippen LogP contribution in [0.15, 0.2) is 28.8 Å². The minimum Gasteiger partial charge on any atom is -0.376 e. The molecule has 18 heavy (non-hydrogen) atoms. The SMILES string of the molecule is CC(C)Cc1noc(CNc2cccc(F)c2)n1. The topological polar surface area (TPSA) is 51.0 Å². The van der Waals surface area contributed by atoms with Gasteiger partial charge in [0.15, 0.2) is 5.82 Å². The predicted octanol–water partition coefficient (Wildman–Crippen LogP) is 3.02. The van der Waals surface area contributed by atoms with Crippen molar-refractivity contribution in [2.75, 3.05) is 5.32 Å². The Labute approximate surface area is 105 Å². The van der Waals surface area contributed by atoms with E-state index in [9.17, 15) is 4.39 Å². The average Bonchev–Trinajstić information content (AvgIpc) is 2.73. The van der Waals surface area contributed by atoms with Crippen LogP contribution in [0.25, 0.3) is 0 Å². The summed E-state index contributed by atoms with van der Waals surface area (Å²) in [5.41, 5.74) is 0.693. The third kappa shape index (κ3) is 3.55. The zero-order valence-electron chi connectivity index (χ0n) is 10.5. The van der Waals surface area contributed by atoms with Crippen LogP contribution in [0.4, 0.5) is 10.1 Å². The van der Waals surface area contributed by atoms with E-state index in [1.165, 1.54) is 12.1 Å². The second-order valence-corrected chi connectivity index (χ2v) is 4.57. The van der Waals surface area contributed by atoms with Crippen molar-refractivity contribution in [2.45, 2.75) is 26.8 Å². The third-order valence-corrected chi connectivity index (χ3v) is 2.37. The molecule has 0 atom stereocenters. The van der Waals surface area contributed by atoms with Crippen molar-refractivity contribution in [1.82, 2.24) is 10.1 Å². The summed E-state index contributed by atoms with van der Waals surface area (Å²) < 4.78 is 18.0. The first-order valence-electron chi connectivity index (χ1n) is 5.94. The minimum atomic E-state index is -0.272. The molecule has 0 amide bonds. The molecule has 1 aromatic carbocycles. The van der Waals surface area contributed by atoms with Crippen molar-refractivity contribution in [3.63, 3.8) is 0 Å². The summed E-state index contributed by atoms with van der Waals surface area (Å²) >= 11 is 0. The summed E-state index contributed by atoms with van der Waals surface area (Å²) in [4.78, 5) is 4.25. The molecule has 0 saturated heterocycles. The lowest BCUT2D eigenvalue weighted by Crippen LogP contribution is -2.01. The lowest BCUT2D eigenvalue weighted by Gasteiger charge is -2.02. The first kappa shape index (κ1) is 12.5. The molecule has 0 aliphatic rings. The Hall–Kier alpha value is -1.91. The second-order valence-electron chi connectivity index (χ2n) is 4.57. The summed E-state index contributed by atoms with van der Waals surface area (Å²) in [6.45, 7) is 4.59. The van der Waals surface area contributed by atoms with Crippen molar-refractivity contribution in [1.29, 1.82) is 0 Å². The summed E-state index contributed by atoms with van der Waals surface area (Å²) in [7, 11) is 0. The zero-order valence-corrected chi connectivity index (χ0v) is 10.5. The molecule has 1 N–H and O–H groups in total. The van der Waals surface area contributed by atoms with Gasteiger partial charge in [0.1, 0.15) is 5.82 Å². The standard InChI is InChI=1S/C13H16FN3O/c1-9(2)6-12-16-13(18-17-12)8-15-11-5-3-4-10(14)7-11/h3-5,7,9,15H,6,8H2,1-2H3. The van der Waals surface area contributed by atoms with Gasteiger partial charge in [-0.2, -0.15) is 4.98 Å². The van der Waals surface area contributed by atoms with Gasteiger partial charge in [-0.15, -0.1) is 0 Å². The van der Waals surface area contributed by atoms with Crippen molar-refractivity contribution in [3.05, 3.63) is 41.8 Å². The number of anilines is 1. The van der Waals surface area contributed by atoms with E-state index in [0.717, 1.165) is 6.42 Å². The molecule has 0 fully saturated rings. The molecule has 5 heteroatoms. The van der Waals surface area contributed by atoms with Gasteiger partial charge in [0.2, 0.25) is 5.89 Å². The summed E-state index contributed by atoms with van der Waals surface area (Å²) in [5.74, 6) is 1.44. The number of halogens is 1. The molecule has 2 rings (SSSR count). The van der Waals surface area contributed by atoms with E-state index in [-0.39, 0.29) is 5.82 Å². The fourth-order valence-corrected chi connectivity index (χ4v) is 1.59. The van der Waals surface area contributed by atoms with E-state index in [4.69, 9.17) is 4.52 Å². The number of nitrogens with zero attached hydrogens (tertiary/aromatic N) is 2. The Morgan fingerprint density at radius 3 is 2.94 bits per heavy atom. The van der Waals surface area contributed by atoms with E-state index in [1.807, 2.05) is 0 Å². The van der Waals surface area contributed by atoms with Crippen LogP contribution in [0.3, 0.4) is 0 Å². The normalized spacial score (nSPS) is 10.9. The fourth-order valence-electron chi connectivity index (χ4n) is 1.59. The molecule has 1 aromatic heterocycles. The molecule has 0 radical (unpaired) electrons. The maximum atomic E-state index is 12.9. The van der Waals surface area contributed by atoms with Gasteiger partial charge >= 0.3 is 0 Å². The maximum Gasteiger partial charge on any atom is 0.245 e. The molecule has 1 heterocycles. The van der Waals surface area contributed by atoms with E-state index in [0.29, 0.717) is 29.9 Å². The van der Waals surface area contributed by atoms with Crippen molar-refractivity contribution in [3.8, 4) is 0 Å². The largest absolute Gasteiger partial charge is 0.376 e. The van der Waals surface area contributed by atoms with E-state index < -0.39 is 0 Å². The Morgan fingerprint density at radius 2 is 2.22 bits per heavy atom. The van der Waals surface area contributed by atoms with Crippen LogP contribution in [0.5, 0.6) is 0 Å². The number of hydrogen-bond acceptors (Lipinski definition) is 4. The van der Waals surface area contributed by atoms with Crippen LogP contribution < -0.4 is 5.32 Å². The third-order valence-electron chi connectivity index (χ3n) is 2.37. The predicted molar refractivity (Wildman–Crippen MR) is 66.6 cm³/mol. The molecular weight excluding hydrogens is 233 g/mol. The summed E-state index contributed by atoms with van der Waals surface area (Å²) in [6, 6.07) is 6.26. The highest BCUT2D eigenvalue weighted by molar-refractivity contribution is 5.42. The first-order chi connectivity index (χ1) is 8.63. The number of nitrogens with one attached hydrogen (secondary N) is 1. The van der Waals surface area contributed by atoms with Crippen LogP contribution in [-0.2, 0) is 13.0 Å². The highest BCUT2D eigenvalue weighted by Gasteiger charge is 2.07. The highest BCUT2D eigenvalue weighted by Crippen LogP contribution is 2.11. The van der Waals surface area contributed by atoms with Crippen LogP contribution >= 0.6 is 0 Å².